The van der Waals surface area contributed by atoms with Crippen LogP contribution < -0.4 is 5.73 Å². The van der Waals surface area contributed by atoms with Crippen molar-refractivity contribution in [3.8, 4) is 11.1 Å². The number of nitrogens with one attached hydrogen (secondary N) is 1. The minimum atomic E-state index is -0.106. The largest absolute Gasteiger partial charge is 0.398 e. The summed E-state index contributed by atoms with van der Waals surface area (Å²) in [4.78, 5) is 21.1. The highest BCUT2D eigenvalue weighted by atomic mass is 16.2. The Morgan fingerprint density at radius 3 is 2.76 bits per heavy atom. The first-order chi connectivity index (χ1) is 10.1. The van der Waals surface area contributed by atoms with Gasteiger partial charge in [0.15, 0.2) is 0 Å². The molecule has 5 nitrogen and oxygen atoms in total. The van der Waals surface area contributed by atoms with Crippen molar-refractivity contribution in [1.29, 1.82) is 0 Å². The van der Waals surface area contributed by atoms with Gasteiger partial charge in [-0.05, 0) is 29.8 Å². The molecule has 0 aliphatic rings. The SMILES string of the molecule is CN(C)C(=O)c1cc(-c2cnc3[nH]ccc3c2)ccc1N. The Bertz CT molecular complexity index is 820. The van der Waals surface area contributed by atoms with Gasteiger partial charge in [0.05, 0.1) is 5.56 Å². The van der Waals surface area contributed by atoms with E-state index in [0.29, 0.717) is 11.3 Å². The Hall–Kier alpha value is -2.82. The molecular formula is C16H16N4O. The van der Waals surface area contributed by atoms with Crippen molar-refractivity contribution in [2.45, 2.75) is 0 Å². The molecule has 3 aromatic rings. The van der Waals surface area contributed by atoms with Crippen molar-refractivity contribution in [2.75, 3.05) is 19.8 Å². The number of H-pyrrole nitrogens is 1. The molecule has 0 aliphatic carbocycles. The van der Waals surface area contributed by atoms with E-state index in [1.807, 2.05) is 30.5 Å². The fraction of sp³-hybridized carbons (Fsp3) is 0.125. The van der Waals surface area contributed by atoms with Gasteiger partial charge in [-0.2, -0.15) is 0 Å². The van der Waals surface area contributed by atoms with Crippen LogP contribution in [0.4, 0.5) is 5.69 Å². The molecule has 5 heteroatoms. The second kappa shape index (κ2) is 4.94. The Balaban J connectivity index is 2.09. The fourth-order valence-corrected chi connectivity index (χ4v) is 2.26. The van der Waals surface area contributed by atoms with Crippen LogP contribution in [0.25, 0.3) is 22.2 Å². The second-order valence-corrected chi connectivity index (χ2v) is 5.14. The predicted octanol–water partition coefficient (Wildman–Crippen LogP) is 2.51. The second-order valence-electron chi connectivity index (χ2n) is 5.14. The van der Waals surface area contributed by atoms with Gasteiger partial charge in [0.2, 0.25) is 0 Å². The van der Waals surface area contributed by atoms with Gasteiger partial charge < -0.3 is 15.6 Å². The zero-order valence-electron chi connectivity index (χ0n) is 11.9. The molecule has 2 aromatic heterocycles. The van der Waals surface area contributed by atoms with Gasteiger partial charge in [-0.1, -0.05) is 6.07 Å². The van der Waals surface area contributed by atoms with Crippen LogP contribution in [0.5, 0.6) is 0 Å². The molecule has 2 heterocycles. The molecule has 0 spiro atoms. The zero-order valence-corrected chi connectivity index (χ0v) is 11.9. The number of carbonyl (C=O) groups is 1. The van der Waals surface area contributed by atoms with Gasteiger partial charge in [-0.3, -0.25) is 4.79 Å². The lowest BCUT2D eigenvalue weighted by Gasteiger charge is -2.13. The normalized spacial score (nSPS) is 10.8. The quantitative estimate of drug-likeness (QED) is 0.708. The maximum Gasteiger partial charge on any atom is 0.255 e. The number of aromatic nitrogens is 2. The molecule has 21 heavy (non-hydrogen) atoms. The van der Waals surface area contributed by atoms with E-state index < -0.39 is 0 Å². The number of rotatable bonds is 2. The van der Waals surface area contributed by atoms with Crippen LogP contribution in [0.3, 0.4) is 0 Å². The number of hydrogen-bond donors (Lipinski definition) is 2. The molecule has 0 bridgehead atoms. The summed E-state index contributed by atoms with van der Waals surface area (Å²) < 4.78 is 0. The molecule has 0 saturated carbocycles. The molecule has 0 radical (unpaired) electrons. The summed E-state index contributed by atoms with van der Waals surface area (Å²) in [6.45, 7) is 0. The maximum absolute atomic E-state index is 12.1. The summed E-state index contributed by atoms with van der Waals surface area (Å²) in [6, 6.07) is 9.47. The number of amides is 1. The smallest absolute Gasteiger partial charge is 0.255 e. The average Bonchev–Trinajstić information content (AvgIpc) is 2.94. The van der Waals surface area contributed by atoms with E-state index in [-0.39, 0.29) is 5.91 Å². The molecule has 1 aromatic carbocycles. The third-order valence-corrected chi connectivity index (χ3v) is 3.42. The van der Waals surface area contributed by atoms with E-state index in [0.717, 1.165) is 22.2 Å². The Morgan fingerprint density at radius 1 is 1.19 bits per heavy atom. The summed E-state index contributed by atoms with van der Waals surface area (Å²) >= 11 is 0. The number of aromatic amines is 1. The molecule has 0 unspecified atom stereocenters. The third kappa shape index (κ3) is 2.33. The van der Waals surface area contributed by atoms with Crippen LogP contribution in [0, 0.1) is 0 Å². The molecule has 0 atom stereocenters. The molecule has 0 saturated heterocycles. The lowest BCUT2D eigenvalue weighted by atomic mass is 10.0. The van der Waals surface area contributed by atoms with Gasteiger partial charge in [0.25, 0.3) is 5.91 Å². The summed E-state index contributed by atoms with van der Waals surface area (Å²) in [5.74, 6) is -0.106. The van der Waals surface area contributed by atoms with Gasteiger partial charge >= 0.3 is 0 Å². The lowest BCUT2D eigenvalue weighted by molar-refractivity contribution is 0.0828. The Morgan fingerprint density at radius 2 is 2.00 bits per heavy atom. The molecule has 0 fully saturated rings. The van der Waals surface area contributed by atoms with Crippen molar-refractivity contribution < 1.29 is 4.79 Å². The van der Waals surface area contributed by atoms with Crippen LogP contribution in [0.2, 0.25) is 0 Å². The van der Waals surface area contributed by atoms with Crippen molar-refractivity contribution in [3.63, 3.8) is 0 Å². The van der Waals surface area contributed by atoms with Crippen LogP contribution in [0.15, 0.2) is 42.7 Å². The summed E-state index contributed by atoms with van der Waals surface area (Å²) in [7, 11) is 3.42. The number of benzene rings is 1. The lowest BCUT2D eigenvalue weighted by Crippen LogP contribution is -2.22. The van der Waals surface area contributed by atoms with E-state index >= 15 is 0 Å². The molecule has 3 N–H and O–H groups in total. The summed E-state index contributed by atoms with van der Waals surface area (Å²) in [5, 5.41) is 1.03. The third-order valence-electron chi connectivity index (χ3n) is 3.42. The number of fused-ring (bicyclic) bond motifs is 1. The van der Waals surface area contributed by atoms with Gasteiger partial charge in [-0.25, -0.2) is 4.98 Å². The molecule has 3 rings (SSSR count). The number of nitrogens with zero attached hydrogens (tertiary/aromatic N) is 2. The van der Waals surface area contributed by atoms with E-state index in [2.05, 4.69) is 9.97 Å². The fourth-order valence-electron chi connectivity index (χ4n) is 2.26. The Kier molecular flexibility index (Phi) is 3.10. The van der Waals surface area contributed by atoms with Gasteiger partial charge in [0.1, 0.15) is 5.65 Å². The molecule has 106 valence electrons. The van der Waals surface area contributed by atoms with Crippen LogP contribution in [0.1, 0.15) is 10.4 Å². The first-order valence-electron chi connectivity index (χ1n) is 6.61. The minimum absolute atomic E-state index is 0.106. The molecular weight excluding hydrogens is 264 g/mol. The van der Waals surface area contributed by atoms with Crippen molar-refractivity contribution in [1.82, 2.24) is 14.9 Å². The van der Waals surface area contributed by atoms with Crippen molar-refractivity contribution >= 4 is 22.6 Å². The van der Waals surface area contributed by atoms with Crippen molar-refractivity contribution in [2.24, 2.45) is 0 Å². The van der Waals surface area contributed by atoms with Gasteiger partial charge in [-0.15, -0.1) is 0 Å². The summed E-state index contributed by atoms with van der Waals surface area (Å²) in [6.07, 6.45) is 3.64. The standard InChI is InChI=1S/C16H16N4O/c1-20(2)16(21)13-8-10(3-4-14(13)17)12-7-11-5-6-18-15(11)19-9-12/h3-9H,17H2,1-2H3,(H,18,19). The van der Waals surface area contributed by atoms with E-state index in [1.54, 1.807) is 26.4 Å². The van der Waals surface area contributed by atoms with Crippen molar-refractivity contribution in [3.05, 3.63) is 48.3 Å². The predicted molar refractivity (Wildman–Crippen MR) is 84.0 cm³/mol. The molecule has 1 amide bonds. The van der Waals surface area contributed by atoms with Gasteiger partial charge in [0, 0.05) is 43.1 Å². The van der Waals surface area contributed by atoms with E-state index in [9.17, 15) is 4.79 Å². The van der Waals surface area contributed by atoms with Crippen LogP contribution in [-0.4, -0.2) is 34.9 Å². The monoisotopic (exact) mass is 280 g/mol. The highest BCUT2D eigenvalue weighted by Crippen LogP contribution is 2.26. The van der Waals surface area contributed by atoms with E-state index in [1.165, 1.54) is 4.90 Å². The number of anilines is 1. The maximum atomic E-state index is 12.1. The zero-order chi connectivity index (χ0) is 15.0. The number of hydrogen-bond acceptors (Lipinski definition) is 3. The number of nitrogens with two attached hydrogens (primary N) is 1. The first kappa shape index (κ1) is 13.2. The number of nitrogen functional groups attached to an aromatic ring is 1. The minimum Gasteiger partial charge on any atom is -0.398 e. The summed E-state index contributed by atoms with van der Waals surface area (Å²) in [5.41, 5.74) is 9.62. The van der Waals surface area contributed by atoms with E-state index in [4.69, 9.17) is 5.73 Å². The van der Waals surface area contributed by atoms with Crippen LogP contribution >= 0.6 is 0 Å². The highest BCUT2D eigenvalue weighted by molar-refractivity contribution is 6.00. The first-order valence-corrected chi connectivity index (χ1v) is 6.61. The number of carbonyl (C=O) groups excluding carboxylic acids is 1. The number of pyridine rings is 1. The average molecular weight is 280 g/mol. The molecule has 0 aliphatic heterocycles. The highest BCUT2D eigenvalue weighted by Gasteiger charge is 2.13. The van der Waals surface area contributed by atoms with Crippen LogP contribution in [-0.2, 0) is 0 Å². The topological polar surface area (TPSA) is 75.0 Å². The Labute approximate surface area is 122 Å².